The quantitative estimate of drug-likeness (QED) is 0.670. The summed E-state index contributed by atoms with van der Waals surface area (Å²) < 4.78 is 10.6. The molecule has 2 N–H and O–H groups in total. The largest absolute Gasteiger partial charge is 0.454 e. The number of nitrogens with zero attached hydrogens (tertiary/aromatic N) is 2. The van der Waals surface area contributed by atoms with E-state index in [2.05, 4.69) is 38.9 Å². The molecule has 9 heteroatoms. The zero-order valence-corrected chi connectivity index (χ0v) is 17.7. The fraction of sp³-hybridized carbons (Fsp3) is 0.429. The Bertz CT molecular complexity index is 881. The van der Waals surface area contributed by atoms with E-state index in [1.54, 1.807) is 23.5 Å². The fourth-order valence-electron chi connectivity index (χ4n) is 3.64. The van der Waals surface area contributed by atoms with Crippen molar-refractivity contribution in [3.8, 4) is 11.5 Å². The van der Waals surface area contributed by atoms with Gasteiger partial charge in [-0.1, -0.05) is 6.07 Å². The molecule has 0 unspecified atom stereocenters. The predicted octanol–water partition coefficient (Wildman–Crippen LogP) is 1.20. The smallest absolute Gasteiger partial charge is 0.309 e. The maximum Gasteiger partial charge on any atom is 0.309 e. The molecule has 1 aromatic heterocycles. The number of amides is 2. The maximum atomic E-state index is 12.4. The van der Waals surface area contributed by atoms with Crippen molar-refractivity contribution >= 4 is 23.2 Å². The number of hydrogen-bond acceptors (Lipinski definition) is 7. The van der Waals surface area contributed by atoms with Crippen LogP contribution >= 0.6 is 11.3 Å². The maximum absolute atomic E-state index is 12.4. The molecule has 2 aliphatic rings. The van der Waals surface area contributed by atoms with Crippen LogP contribution in [0.15, 0.2) is 35.0 Å². The van der Waals surface area contributed by atoms with Crippen LogP contribution in [0.25, 0.3) is 0 Å². The molecule has 0 aliphatic carbocycles. The van der Waals surface area contributed by atoms with Crippen molar-refractivity contribution in [2.45, 2.75) is 12.6 Å². The molecule has 0 radical (unpaired) electrons. The molecule has 160 valence electrons. The lowest BCUT2D eigenvalue weighted by Gasteiger charge is -2.37. The summed E-state index contributed by atoms with van der Waals surface area (Å²) in [5.74, 6) is 0.0726. The minimum absolute atomic E-state index is 0.0653. The van der Waals surface area contributed by atoms with Gasteiger partial charge < -0.3 is 25.0 Å². The highest BCUT2D eigenvalue weighted by Gasteiger charge is 2.25. The van der Waals surface area contributed by atoms with E-state index >= 15 is 0 Å². The van der Waals surface area contributed by atoms with Crippen LogP contribution in [0.4, 0.5) is 0 Å². The van der Waals surface area contributed by atoms with E-state index in [0.29, 0.717) is 18.0 Å². The third kappa shape index (κ3) is 4.92. The minimum Gasteiger partial charge on any atom is -0.454 e. The fourth-order valence-corrected chi connectivity index (χ4v) is 4.35. The number of benzene rings is 1. The number of carbonyl (C=O) groups excluding carboxylic acids is 2. The number of carbonyl (C=O) groups is 2. The summed E-state index contributed by atoms with van der Waals surface area (Å²) in [6.45, 7) is 4.69. The molecule has 0 saturated carbocycles. The van der Waals surface area contributed by atoms with Crippen LogP contribution in [0.1, 0.15) is 17.2 Å². The van der Waals surface area contributed by atoms with E-state index in [4.69, 9.17) is 9.47 Å². The van der Waals surface area contributed by atoms with E-state index in [1.807, 2.05) is 11.4 Å². The van der Waals surface area contributed by atoms with Gasteiger partial charge in [0.25, 0.3) is 0 Å². The normalized spacial score (nSPS) is 17.5. The lowest BCUT2D eigenvalue weighted by atomic mass is 10.1. The molecule has 1 fully saturated rings. The Morgan fingerprint density at radius 3 is 2.60 bits per heavy atom. The molecule has 30 heavy (non-hydrogen) atoms. The second kappa shape index (κ2) is 9.46. The molecule has 1 atom stereocenters. The minimum atomic E-state index is -0.643. The number of nitrogens with one attached hydrogen (secondary N) is 2. The number of rotatable bonds is 6. The number of ether oxygens (including phenoxy) is 2. The number of piperazine rings is 1. The number of thiophene rings is 1. The summed E-state index contributed by atoms with van der Waals surface area (Å²) in [4.78, 5) is 29.3. The van der Waals surface area contributed by atoms with Crippen LogP contribution in [0.2, 0.25) is 0 Å². The molecule has 1 aromatic carbocycles. The first kappa shape index (κ1) is 20.6. The van der Waals surface area contributed by atoms with Gasteiger partial charge >= 0.3 is 11.8 Å². The molecule has 4 rings (SSSR count). The molecule has 0 spiro atoms. The second-order valence-electron chi connectivity index (χ2n) is 7.49. The monoisotopic (exact) mass is 430 g/mol. The highest BCUT2D eigenvalue weighted by atomic mass is 32.1. The first-order valence-electron chi connectivity index (χ1n) is 9.99. The number of hydrogen-bond donors (Lipinski definition) is 2. The highest BCUT2D eigenvalue weighted by molar-refractivity contribution is 7.08. The topological polar surface area (TPSA) is 83.1 Å². The lowest BCUT2D eigenvalue weighted by Crippen LogP contribution is -2.49. The Morgan fingerprint density at radius 2 is 1.83 bits per heavy atom. The van der Waals surface area contributed by atoms with E-state index in [0.717, 1.165) is 31.7 Å². The SMILES string of the molecule is CN1CCN([C@H](CNC(=O)C(=O)NCc2ccc3c(c2)OCO3)c2ccsc2)CC1. The van der Waals surface area contributed by atoms with Gasteiger partial charge in [0.05, 0.1) is 6.04 Å². The predicted molar refractivity (Wildman–Crippen MR) is 114 cm³/mol. The number of likely N-dealkylation sites (N-methyl/N-ethyl adjacent to an activating group) is 1. The van der Waals surface area contributed by atoms with Gasteiger partial charge in [-0.3, -0.25) is 14.5 Å². The van der Waals surface area contributed by atoms with Crippen LogP contribution in [-0.2, 0) is 16.1 Å². The van der Waals surface area contributed by atoms with E-state index in [1.165, 1.54) is 5.56 Å². The number of fused-ring (bicyclic) bond motifs is 1. The summed E-state index contributed by atoms with van der Waals surface area (Å²) >= 11 is 1.64. The van der Waals surface area contributed by atoms with Crippen LogP contribution in [0, 0.1) is 0 Å². The van der Waals surface area contributed by atoms with Gasteiger partial charge in [0.2, 0.25) is 6.79 Å². The van der Waals surface area contributed by atoms with Crippen molar-refractivity contribution in [3.05, 3.63) is 46.2 Å². The van der Waals surface area contributed by atoms with Crippen LogP contribution in [0.5, 0.6) is 11.5 Å². The molecular weight excluding hydrogens is 404 g/mol. The highest BCUT2D eigenvalue weighted by Crippen LogP contribution is 2.32. The van der Waals surface area contributed by atoms with Crippen molar-refractivity contribution in [2.75, 3.05) is 46.6 Å². The van der Waals surface area contributed by atoms with Crippen LogP contribution < -0.4 is 20.1 Å². The Labute approximate surface area is 179 Å². The van der Waals surface area contributed by atoms with Gasteiger partial charge in [-0.25, -0.2) is 0 Å². The summed E-state index contributed by atoms with van der Waals surface area (Å²) in [6.07, 6.45) is 0. The van der Waals surface area contributed by atoms with Gasteiger partial charge in [-0.15, -0.1) is 0 Å². The average molecular weight is 431 g/mol. The summed E-state index contributed by atoms with van der Waals surface area (Å²) in [5.41, 5.74) is 2.01. The van der Waals surface area contributed by atoms with Crippen molar-refractivity contribution in [1.82, 2.24) is 20.4 Å². The molecule has 1 saturated heterocycles. The molecule has 0 bridgehead atoms. The van der Waals surface area contributed by atoms with Crippen molar-refractivity contribution < 1.29 is 19.1 Å². The zero-order chi connectivity index (χ0) is 20.9. The standard InChI is InChI=1S/C21H26N4O4S/c1-24-5-7-25(8-6-24)17(16-4-9-30-13-16)12-23-21(27)20(26)22-11-15-2-3-18-19(10-15)29-14-28-18/h2-4,9-10,13,17H,5-8,11-12,14H2,1H3,(H,22,26)(H,23,27)/t17-/m1/s1. The summed E-state index contributed by atoms with van der Waals surface area (Å²) in [6, 6.07) is 7.59. The summed E-state index contributed by atoms with van der Waals surface area (Å²) in [5, 5.41) is 9.63. The van der Waals surface area contributed by atoms with Gasteiger partial charge in [-0.2, -0.15) is 11.3 Å². The van der Waals surface area contributed by atoms with Crippen LogP contribution in [0.3, 0.4) is 0 Å². The van der Waals surface area contributed by atoms with Gasteiger partial charge in [-0.05, 0) is 47.1 Å². The Kier molecular flexibility index (Phi) is 6.51. The Hall–Kier alpha value is -2.62. The lowest BCUT2D eigenvalue weighted by molar-refractivity contribution is -0.139. The van der Waals surface area contributed by atoms with Gasteiger partial charge in [0, 0.05) is 39.3 Å². The molecular formula is C21H26N4O4S. The first-order chi connectivity index (χ1) is 14.6. The van der Waals surface area contributed by atoms with Gasteiger partial charge in [0.15, 0.2) is 11.5 Å². The van der Waals surface area contributed by atoms with E-state index in [-0.39, 0.29) is 19.4 Å². The second-order valence-corrected chi connectivity index (χ2v) is 8.27. The first-order valence-corrected chi connectivity index (χ1v) is 10.9. The summed E-state index contributed by atoms with van der Waals surface area (Å²) in [7, 11) is 2.11. The third-order valence-corrected chi connectivity index (χ3v) is 6.16. The molecule has 2 aliphatic heterocycles. The molecule has 2 amide bonds. The Morgan fingerprint density at radius 1 is 1.07 bits per heavy atom. The average Bonchev–Trinajstić information content (AvgIpc) is 3.45. The molecule has 3 heterocycles. The van der Waals surface area contributed by atoms with E-state index in [9.17, 15) is 9.59 Å². The van der Waals surface area contributed by atoms with Crippen molar-refractivity contribution in [1.29, 1.82) is 0 Å². The molecule has 8 nitrogen and oxygen atoms in total. The van der Waals surface area contributed by atoms with Gasteiger partial charge in [0.1, 0.15) is 0 Å². The third-order valence-electron chi connectivity index (χ3n) is 5.46. The van der Waals surface area contributed by atoms with Crippen molar-refractivity contribution in [2.24, 2.45) is 0 Å². The van der Waals surface area contributed by atoms with Crippen molar-refractivity contribution in [3.63, 3.8) is 0 Å². The van der Waals surface area contributed by atoms with Crippen LogP contribution in [-0.4, -0.2) is 68.2 Å². The molecule has 2 aromatic rings. The Balaban J connectivity index is 1.30. The zero-order valence-electron chi connectivity index (χ0n) is 16.9. The van der Waals surface area contributed by atoms with E-state index < -0.39 is 11.8 Å².